The minimum Gasteiger partial charge on any atom is -0.346 e. The van der Waals surface area contributed by atoms with E-state index in [4.69, 9.17) is 4.98 Å². The Balaban J connectivity index is 1.89. The van der Waals surface area contributed by atoms with Gasteiger partial charge in [0.1, 0.15) is 0 Å². The van der Waals surface area contributed by atoms with Crippen LogP contribution in [0.4, 0.5) is 5.13 Å². The summed E-state index contributed by atoms with van der Waals surface area (Å²) in [5, 5.41) is 6.68. The highest BCUT2D eigenvalue weighted by atomic mass is 32.1. The van der Waals surface area contributed by atoms with Crippen molar-refractivity contribution in [2.24, 2.45) is 0 Å². The molecule has 0 bridgehead atoms. The van der Waals surface area contributed by atoms with Gasteiger partial charge in [-0.25, -0.2) is 4.98 Å². The van der Waals surface area contributed by atoms with Crippen LogP contribution in [0.1, 0.15) is 33.4 Å². The maximum Gasteiger partial charge on any atom is 0.185 e. The molecule has 5 heteroatoms. The standard InChI is InChI=1S/C14H26N4S/c1-5-15-10-12-11-19-13(16-12)17-6-8-18(9-7-17)14(2,3)4/h11,15H,5-10H2,1-4H3. The van der Waals surface area contributed by atoms with Gasteiger partial charge in [-0.05, 0) is 27.3 Å². The number of hydrogen-bond acceptors (Lipinski definition) is 5. The van der Waals surface area contributed by atoms with Crippen LogP contribution in [0, 0.1) is 0 Å². The summed E-state index contributed by atoms with van der Waals surface area (Å²) in [6.07, 6.45) is 0. The maximum absolute atomic E-state index is 4.72. The zero-order chi connectivity index (χ0) is 13.9. The largest absolute Gasteiger partial charge is 0.346 e. The SMILES string of the molecule is CCNCc1csc(N2CCN(C(C)(C)C)CC2)n1. The lowest BCUT2D eigenvalue weighted by Gasteiger charge is -2.42. The van der Waals surface area contributed by atoms with Crippen LogP contribution in [-0.2, 0) is 6.54 Å². The van der Waals surface area contributed by atoms with E-state index in [2.05, 4.69) is 48.2 Å². The topological polar surface area (TPSA) is 31.4 Å². The van der Waals surface area contributed by atoms with Crippen molar-refractivity contribution in [1.29, 1.82) is 0 Å². The molecule has 1 N–H and O–H groups in total. The van der Waals surface area contributed by atoms with Gasteiger partial charge < -0.3 is 10.2 Å². The van der Waals surface area contributed by atoms with E-state index >= 15 is 0 Å². The molecule has 1 fully saturated rings. The highest BCUT2D eigenvalue weighted by Crippen LogP contribution is 2.24. The van der Waals surface area contributed by atoms with Crippen molar-refractivity contribution in [3.8, 4) is 0 Å². The van der Waals surface area contributed by atoms with Crippen LogP contribution >= 0.6 is 11.3 Å². The van der Waals surface area contributed by atoms with E-state index in [1.54, 1.807) is 11.3 Å². The second-order valence-corrected chi connectivity index (χ2v) is 6.88. The van der Waals surface area contributed by atoms with Crippen LogP contribution in [0.25, 0.3) is 0 Å². The fraction of sp³-hybridized carbons (Fsp3) is 0.786. The summed E-state index contributed by atoms with van der Waals surface area (Å²) >= 11 is 1.77. The van der Waals surface area contributed by atoms with E-state index in [1.165, 1.54) is 10.8 Å². The van der Waals surface area contributed by atoms with Crippen molar-refractivity contribution in [2.75, 3.05) is 37.6 Å². The molecule has 2 heterocycles. The smallest absolute Gasteiger partial charge is 0.185 e. The zero-order valence-corrected chi connectivity index (χ0v) is 13.4. The van der Waals surface area contributed by atoms with Crippen molar-refractivity contribution in [3.05, 3.63) is 11.1 Å². The second-order valence-electron chi connectivity index (χ2n) is 6.05. The average Bonchev–Trinajstić information content (AvgIpc) is 2.84. The van der Waals surface area contributed by atoms with Crippen LogP contribution in [-0.4, -0.2) is 48.1 Å². The molecule has 0 amide bonds. The predicted molar refractivity (Wildman–Crippen MR) is 83.0 cm³/mol. The molecule has 1 aromatic heterocycles. The Bertz CT molecular complexity index is 388. The number of aromatic nitrogens is 1. The van der Waals surface area contributed by atoms with Gasteiger partial charge in [0.2, 0.25) is 0 Å². The number of piperazine rings is 1. The summed E-state index contributed by atoms with van der Waals surface area (Å²) < 4.78 is 0. The molecule has 1 saturated heterocycles. The van der Waals surface area contributed by atoms with Crippen LogP contribution in [0.15, 0.2) is 5.38 Å². The Morgan fingerprint density at radius 3 is 2.53 bits per heavy atom. The van der Waals surface area contributed by atoms with Gasteiger partial charge >= 0.3 is 0 Å². The number of rotatable bonds is 4. The molecule has 108 valence electrons. The normalized spacial score (nSPS) is 18.0. The van der Waals surface area contributed by atoms with Crippen molar-refractivity contribution in [1.82, 2.24) is 15.2 Å². The van der Waals surface area contributed by atoms with Crippen molar-refractivity contribution >= 4 is 16.5 Å². The number of thiazole rings is 1. The van der Waals surface area contributed by atoms with Crippen LogP contribution < -0.4 is 10.2 Å². The Morgan fingerprint density at radius 2 is 1.95 bits per heavy atom. The first-order valence-electron chi connectivity index (χ1n) is 7.16. The van der Waals surface area contributed by atoms with E-state index in [-0.39, 0.29) is 5.54 Å². The minimum absolute atomic E-state index is 0.283. The van der Waals surface area contributed by atoms with Crippen molar-refractivity contribution in [2.45, 2.75) is 39.8 Å². The Morgan fingerprint density at radius 1 is 1.26 bits per heavy atom. The van der Waals surface area contributed by atoms with Gasteiger partial charge in [-0.2, -0.15) is 0 Å². The molecule has 2 rings (SSSR count). The summed E-state index contributed by atoms with van der Waals surface area (Å²) in [6.45, 7) is 15.3. The number of nitrogens with zero attached hydrogens (tertiary/aromatic N) is 3. The molecule has 0 aliphatic carbocycles. The third-order valence-electron chi connectivity index (χ3n) is 3.59. The molecule has 0 atom stereocenters. The van der Waals surface area contributed by atoms with Gasteiger partial charge in [0.05, 0.1) is 5.69 Å². The molecular weight excluding hydrogens is 256 g/mol. The molecule has 0 aromatic carbocycles. The van der Waals surface area contributed by atoms with Crippen LogP contribution in [0.3, 0.4) is 0 Å². The number of nitrogens with one attached hydrogen (secondary N) is 1. The van der Waals surface area contributed by atoms with E-state index in [1.807, 2.05) is 0 Å². The third-order valence-corrected chi connectivity index (χ3v) is 4.54. The van der Waals surface area contributed by atoms with Crippen molar-refractivity contribution < 1.29 is 0 Å². The third kappa shape index (κ3) is 3.91. The molecule has 0 saturated carbocycles. The number of hydrogen-bond donors (Lipinski definition) is 1. The molecule has 4 nitrogen and oxygen atoms in total. The summed E-state index contributed by atoms with van der Waals surface area (Å²) in [4.78, 5) is 9.69. The predicted octanol–water partition coefficient (Wildman–Crippen LogP) is 2.17. The summed E-state index contributed by atoms with van der Waals surface area (Å²) in [5.74, 6) is 0. The number of anilines is 1. The summed E-state index contributed by atoms with van der Waals surface area (Å²) in [5.41, 5.74) is 1.45. The Kier molecular flexibility index (Phi) is 4.81. The molecule has 0 spiro atoms. The first-order chi connectivity index (χ1) is 9.00. The molecule has 1 aromatic rings. The Labute approximate surface area is 120 Å². The van der Waals surface area contributed by atoms with E-state index in [0.29, 0.717) is 0 Å². The van der Waals surface area contributed by atoms with Gasteiger partial charge in [0, 0.05) is 43.6 Å². The lowest BCUT2D eigenvalue weighted by molar-refractivity contribution is 0.128. The fourth-order valence-electron chi connectivity index (χ4n) is 2.34. The monoisotopic (exact) mass is 282 g/mol. The molecule has 19 heavy (non-hydrogen) atoms. The Hall–Kier alpha value is -0.650. The van der Waals surface area contributed by atoms with E-state index < -0.39 is 0 Å². The average molecular weight is 282 g/mol. The highest BCUT2D eigenvalue weighted by Gasteiger charge is 2.26. The van der Waals surface area contributed by atoms with E-state index in [9.17, 15) is 0 Å². The fourth-order valence-corrected chi connectivity index (χ4v) is 3.22. The molecule has 0 unspecified atom stereocenters. The quantitative estimate of drug-likeness (QED) is 0.917. The minimum atomic E-state index is 0.283. The lowest BCUT2D eigenvalue weighted by atomic mass is 10.1. The van der Waals surface area contributed by atoms with Crippen molar-refractivity contribution in [3.63, 3.8) is 0 Å². The summed E-state index contributed by atoms with van der Waals surface area (Å²) in [6, 6.07) is 0. The van der Waals surface area contributed by atoms with Gasteiger partial charge in [-0.15, -0.1) is 11.3 Å². The summed E-state index contributed by atoms with van der Waals surface area (Å²) in [7, 11) is 0. The zero-order valence-electron chi connectivity index (χ0n) is 12.6. The highest BCUT2D eigenvalue weighted by molar-refractivity contribution is 7.13. The second kappa shape index (κ2) is 6.20. The molecule has 1 aliphatic rings. The molecule has 0 radical (unpaired) electrons. The lowest BCUT2D eigenvalue weighted by Crippen LogP contribution is -2.53. The van der Waals surface area contributed by atoms with Gasteiger partial charge in [-0.1, -0.05) is 6.92 Å². The molecular formula is C14H26N4S. The van der Waals surface area contributed by atoms with Gasteiger partial charge in [0.25, 0.3) is 0 Å². The first kappa shape index (κ1) is 14.8. The van der Waals surface area contributed by atoms with E-state index in [0.717, 1.165) is 39.3 Å². The van der Waals surface area contributed by atoms with Gasteiger partial charge in [0.15, 0.2) is 5.13 Å². The first-order valence-corrected chi connectivity index (χ1v) is 8.04. The van der Waals surface area contributed by atoms with Gasteiger partial charge in [-0.3, -0.25) is 4.90 Å². The maximum atomic E-state index is 4.72. The van der Waals surface area contributed by atoms with Crippen LogP contribution in [0.5, 0.6) is 0 Å². The van der Waals surface area contributed by atoms with Crippen LogP contribution in [0.2, 0.25) is 0 Å². The molecule has 1 aliphatic heterocycles.